The Morgan fingerprint density at radius 3 is 1.91 bits per heavy atom. The number of benzene rings is 8. The molecule has 4 aromatic heterocycles. The third-order valence-electron chi connectivity index (χ3n) is 12.3. The van der Waals surface area contributed by atoms with Gasteiger partial charge in [-0.1, -0.05) is 156 Å². The van der Waals surface area contributed by atoms with Gasteiger partial charge >= 0.3 is 99.8 Å². The molecule has 68 heavy (non-hydrogen) atoms. The monoisotopic (exact) mass is 1120 g/mol. The van der Waals surface area contributed by atoms with Gasteiger partial charge in [0.1, 0.15) is 0 Å². The number of hydrogen-bond donors (Lipinski definition) is 0. The Balaban J connectivity index is 0.000000292. The zero-order chi connectivity index (χ0) is 48.0. The number of nitrogens with zero attached hydrogens (tertiary/aromatic N) is 4. The van der Waals surface area contributed by atoms with Gasteiger partial charge in [0.25, 0.3) is 0 Å². The van der Waals surface area contributed by atoms with Crippen LogP contribution in [-0.2, 0) is 20.1 Å². The second kappa shape index (κ2) is 18.8. The first kappa shape index (κ1) is 41.0. The summed E-state index contributed by atoms with van der Waals surface area (Å²) in [5.74, 6) is 7.84. The van der Waals surface area contributed by atoms with Gasteiger partial charge in [0.15, 0.2) is 0 Å². The van der Waals surface area contributed by atoms with E-state index in [2.05, 4.69) is 136 Å². The Morgan fingerprint density at radius 1 is 0.574 bits per heavy atom. The molecule has 7 heteroatoms. The summed E-state index contributed by atoms with van der Waals surface area (Å²) in [5, 5.41) is 3.74. The van der Waals surface area contributed by atoms with E-state index in [9.17, 15) is 0 Å². The Labute approximate surface area is 417 Å². The molecule has 0 unspecified atom stereocenters. The average Bonchev–Trinajstić information content (AvgIpc) is 3.98. The number of aryl methyl sites for hydroxylation is 1. The van der Waals surface area contributed by atoms with Crippen LogP contribution < -0.4 is 4.40 Å². The van der Waals surface area contributed by atoms with Crippen LogP contribution in [0.3, 0.4) is 0 Å². The molecule has 0 aliphatic carbocycles. The molecule has 0 fully saturated rings. The molecular formula is C61H46GeIrN4O-2. The number of fused-ring (bicyclic) bond motifs is 6. The molecule has 0 bridgehead atoms. The van der Waals surface area contributed by atoms with Gasteiger partial charge in [0.05, 0.1) is 33.8 Å². The normalized spacial score (nSPS) is 12.2. The third kappa shape index (κ3) is 8.41. The molecule has 0 aliphatic rings. The van der Waals surface area contributed by atoms with Crippen molar-refractivity contribution in [2.75, 3.05) is 0 Å². The number of rotatable bonds is 7. The molecule has 12 aromatic rings. The van der Waals surface area contributed by atoms with Crippen molar-refractivity contribution in [3.8, 4) is 61.8 Å². The van der Waals surface area contributed by atoms with E-state index in [1.807, 2.05) is 97.2 Å². The predicted octanol–water partition coefficient (Wildman–Crippen LogP) is 15.3. The van der Waals surface area contributed by atoms with E-state index < -0.39 is 20.1 Å². The van der Waals surface area contributed by atoms with Gasteiger partial charge in [-0.05, 0) is 35.5 Å². The molecule has 4 heterocycles. The summed E-state index contributed by atoms with van der Waals surface area (Å²) < 4.78 is 34.1. The Hall–Kier alpha value is -7.22. The van der Waals surface area contributed by atoms with Gasteiger partial charge in [0.2, 0.25) is 5.71 Å². The fourth-order valence-corrected chi connectivity index (χ4v) is 11.1. The Kier molecular flexibility index (Phi) is 11.3. The summed E-state index contributed by atoms with van der Waals surface area (Å²) in [6.07, 6.45) is 2.04. The van der Waals surface area contributed by atoms with Crippen molar-refractivity contribution in [2.45, 2.75) is 24.1 Å². The van der Waals surface area contributed by atoms with Crippen molar-refractivity contribution in [1.29, 1.82) is 0 Å². The number of aromatic nitrogens is 4. The van der Waals surface area contributed by atoms with Gasteiger partial charge in [-0.2, -0.15) is 0 Å². The van der Waals surface area contributed by atoms with Crippen LogP contribution in [0.15, 0.2) is 211 Å². The Bertz CT molecular complexity index is 3780. The van der Waals surface area contributed by atoms with Gasteiger partial charge in [-0.15, -0.1) is 18.2 Å². The standard InChI is InChI=1S/C47H30N3O.C14H16GeN.Ir/c1-30-26-28-33(29-27-30)43-37-19-9-8-18-36(37)42-38-22-13-23-39(45(38)51-47(42)49-43)46-48-40-24-10-11-25-41(40)50(46)44-34(31-14-4-2-5-15-31)20-12-21-35(44)32-16-6-3-7-17-32;1-15(2,3)13-9-10-14(16-11-13)12-7-5-4-6-8-12;/h2-22,24-29H,1H3;4-7,9-11H,1-3H3;/q2*-1;/i1D3;;. The number of furan rings is 1. The van der Waals surface area contributed by atoms with Crippen molar-refractivity contribution in [2.24, 2.45) is 0 Å². The van der Waals surface area contributed by atoms with Gasteiger partial charge in [-0.25, -0.2) is 4.98 Å². The molecule has 0 aliphatic heterocycles. The van der Waals surface area contributed by atoms with E-state index in [1.165, 1.54) is 4.40 Å². The van der Waals surface area contributed by atoms with E-state index in [1.54, 1.807) is 12.1 Å². The van der Waals surface area contributed by atoms with E-state index in [-0.39, 0.29) is 25.7 Å². The molecule has 0 amide bonds. The molecule has 8 aromatic carbocycles. The molecule has 0 N–H and O–H groups in total. The van der Waals surface area contributed by atoms with Crippen LogP contribution in [0.2, 0.25) is 17.3 Å². The van der Waals surface area contributed by atoms with Crippen molar-refractivity contribution in [3.05, 3.63) is 224 Å². The summed E-state index contributed by atoms with van der Waals surface area (Å²) >= 11 is -1.72. The van der Waals surface area contributed by atoms with Crippen LogP contribution >= 0.6 is 0 Å². The maximum absolute atomic E-state index is 7.85. The van der Waals surface area contributed by atoms with Gasteiger partial charge < -0.3 is 8.98 Å². The minimum Gasteiger partial charge on any atom is 0 e. The molecule has 0 atom stereocenters. The topological polar surface area (TPSA) is 56.7 Å². The van der Waals surface area contributed by atoms with Gasteiger partial charge in [-0.3, -0.25) is 4.98 Å². The summed E-state index contributed by atoms with van der Waals surface area (Å²) in [6.45, 7) is -2.19. The summed E-state index contributed by atoms with van der Waals surface area (Å²) in [6, 6.07) is 73.7. The first-order valence-corrected chi connectivity index (χ1v) is 29.8. The molecule has 1 radical (unpaired) electrons. The average molecular weight is 1120 g/mol. The van der Waals surface area contributed by atoms with Crippen molar-refractivity contribution in [3.63, 3.8) is 0 Å². The third-order valence-corrected chi connectivity index (χ3v) is 16.5. The van der Waals surface area contributed by atoms with E-state index in [0.717, 1.165) is 88.6 Å². The summed E-state index contributed by atoms with van der Waals surface area (Å²) in [7, 11) is 0. The fourth-order valence-electron chi connectivity index (χ4n) is 8.93. The quantitative estimate of drug-likeness (QED) is 0.118. The van der Waals surface area contributed by atoms with E-state index >= 15 is 0 Å². The van der Waals surface area contributed by atoms with Crippen LogP contribution in [0.5, 0.6) is 0 Å². The SMILES string of the molecule is [2H]C([2H])([2H])c1ccc(-c2nc3oc4c(-c5nc6ccccc6n5-c5c(-c6ccccc6)cccc5-c5ccccc5)[c-]ccc4c3c3ccccc23)cc1.[CH3][Ge]([CH3])([CH3])[c]1ccc(-c2[c-]cccc2)nc1.[Ir]. The molecule has 0 saturated heterocycles. The minimum atomic E-state index is -2.19. The first-order valence-electron chi connectivity index (χ1n) is 23.9. The number of para-hydroxylation sites is 3. The zero-order valence-corrected chi connectivity index (χ0v) is 42.2. The Morgan fingerprint density at radius 2 is 1.25 bits per heavy atom. The smallest absolute Gasteiger partial charge is 0 e. The largest absolute Gasteiger partial charge is 0 e. The van der Waals surface area contributed by atoms with Crippen LogP contribution in [0.4, 0.5) is 0 Å². The molecule has 12 rings (SSSR count). The second-order valence-corrected chi connectivity index (χ2v) is 28.3. The van der Waals surface area contributed by atoms with Crippen molar-refractivity contribution < 1.29 is 28.6 Å². The minimum absolute atomic E-state index is 0. The van der Waals surface area contributed by atoms with Crippen LogP contribution in [0.25, 0.3) is 106 Å². The molecule has 5 nitrogen and oxygen atoms in total. The number of pyridine rings is 2. The van der Waals surface area contributed by atoms with Crippen LogP contribution in [0, 0.1) is 19.0 Å². The summed E-state index contributed by atoms with van der Waals surface area (Å²) in [5.41, 5.74) is 12.9. The van der Waals surface area contributed by atoms with Gasteiger partial charge in [0, 0.05) is 51.7 Å². The maximum Gasteiger partial charge on any atom is 0 e. The van der Waals surface area contributed by atoms with E-state index in [0.29, 0.717) is 17.1 Å². The molecule has 0 spiro atoms. The second-order valence-electron chi connectivity index (χ2n) is 17.6. The zero-order valence-electron chi connectivity index (χ0n) is 40.7. The predicted molar refractivity (Wildman–Crippen MR) is 280 cm³/mol. The fraction of sp³-hybridized carbons (Fsp3) is 0.0656. The number of imidazole rings is 1. The van der Waals surface area contributed by atoms with E-state index in [4.69, 9.17) is 18.5 Å². The van der Waals surface area contributed by atoms with Crippen molar-refractivity contribution in [1.82, 2.24) is 19.5 Å². The van der Waals surface area contributed by atoms with Crippen LogP contribution in [0.1, 0.15) is 9.68 Å². The maximum atomic E-state index is 7.85. The molecule has 0 saturated carbocycles. The molecular weight excluding hydrogens is 1070 g/mol. The van der Waals surface area contributed by atoms with Crippen LogP contribution in [-0.4, -0.2) is 32.8 Å². The molecule has 331 valence electrons. The summed E-state index contributed by atoms with van der Waals surface area (Å²) in [4.78, 5) is 15.0. The first-order chi connectivity index (χ1) is 34.0. The van der Waals surface area contributed by atoms with Crippen molar-refractivity contribution >= 4 is 61.5 Å². The number of hydrogen-bond acceptors (Lipinski definition) is 4.